The van der Waals surface area contributed by atoms with Gasteiger partial charge >= 0.3 is 0 Å². The quantitative estimate of drug-likeness (QED) is 0.897. The lowest BCUT2D eigenvalue weighted by Gasteiger charge is -2.23. The van der Waals surface area contributed by atoms with Crippen LogP contribution in [0, 0.1) is 0 Å². The van der Waals surface area contributed by atoms with Crippen LogP contribution in [0.5, 0.6) is 5.75 Å². The number of aliphatic hydroxyl groups excluding tert-OH is 1. The smallest absolute Gasteiger partial charge is 0.125 e. The molecule has 0 bridgehead atoms. The SMILES string of the molecule is C[C@H](CCO)NC1CCCOc2cc(Br)ccc21. The molecule has 0 aromatic heterocycles. The Labute approximate surface area is 117 Å². The summed E-state index contributed by atoms with van der Waals surface area (Å²) in [4.78, 5) is 0. The molecule has 1 aliphatic rings. The van der Waals surface area contributed by atoms with E-state index in [0.717, 1.165) is 36.1 Å². The second-order valence-corrected chi connectivity index (χ2v) is 5.72. The number of benzene rings is 1. The lowest BCUT2D eigenvalue weighted by molar-refractivity contribution is 0.261. The molecule has 1 aliphatic heterocycles. The zero-order valence-corrected chi connectivity index (χ0v) is 12.2. The molecule has 0 aliphatic carbocycles. The van der Waals surface area contributed by atoms with Gasteiger partial charge in [-0.05, 0) is 38.3 Å². The number of ether oxygens (including phenoxy) is 1. The van der Waals surface area contributed by atoms with E-state index in [9.17, 15) is 0 Å². The third kappa shape index (κ3) is 3.46. The molecule has 1 aromatic rings. The van der Waals surface area contributed by atoms with Crippen LogP contribution in [0.2, 0.25) is 0 Å². The van der Waals surface area contributed by atoms with E-state index in [0.29, 0.717) is 12.1 Å². The number of hydrogen-bond acceptors (Lipinski definition) is 3. The Balaban J connectivity index is 2.16. The molecule has 3 nitrogen and oxygen atoms in total. The van der Waals surface area contributed by atoms with E-state index in [1.54, 1.807) is 0 Å². The van der Waals surface area contributed by atoms with Crippen LogP contribution in [0.15, 0.2) is 22.7 Å². The number of hydrogen-bond donors (Lipinski definition) is 2. The van der Waals surface area contributed by atoms with E-state index in [4.69, 9.17) is 9.84 Å². The minimum absolute atomic E-state index is 0.227. The molecule has 0 spiro atoms. The molecule has 0 amide bonds. The van der Waals surface area contributed by atoms with Gasteiger partial charge in [0.1, 0.15) is 5.75 Å². The lowest BCUT2D eigenvalue weighted by atomic mass is 10.0. The van der Waals surface area contributed by atoms with E-state index in [2.05, 4.69) is 40.3 Å². The highest BCUT2D eigenvalue weighted by molar-refractivity contribution is 9.10. The van der Waals surface area contributed by atoms with E-state index in [1.807, 2.05) is 6.07 Å². The highest BCUT2D eigenvalue weighted by atomic mass is 79.9. The van der Waals surface area contributed by atoms with Crippen LogP contribution in [0.3, 0.4) is 0 Å². The molecule has 2 rings (SSSR count). The average molecular weight is 314 g/mol. The summed E-state index contributed by atoms with van der Waals surface area (Å²) in [5, 5.41) is 12.6. The van der Waals surface area contributed by atoms with Crippen molar-refractivity contribution in [3.63, 3.8) is 0 Å². The van der Waals surface area contributed by atoms with E-state index in [1.165, 1.54) is 5.56 Å². The summed E-state index contributed by atoms with van der Waals surface area (Å²) in [6.45, 7) is 3.11. The highest BCUT2D eigenvalue weighted by Gasteiger charge is 2.21. The molecule has 4 heteroatoms. The summed E-state index contributed by atoms with van der Waals surface area (Å²) >= 11 is 3.48. The van der Waals surface area contributed by atoms with E-state index in [-0.39, 0.29) is 6.61 Å². The first kappa shape index (κ1) is 13.8. The normalized spacial score (nSPS) is 20.7. The van der Waals surface area contributed by atoms with Gasteiger partial charge in [-0.3, -0.25) is 0 Å². The first-order valence-electron chi connectivity index (χ1n) is 6.50. The Morgan fingerprint density at radius 3 is 3.17 bits per heavy atom. The molecule has 1 heterocycles. The van der Waals surface area contributed by atoms with Gasteiger partial charge in [-0.15, -0.1) is 0 Å². The number of rotatable bonds is 4. The van der Waals surface area contributed by atoms with Crippen molar-refractivity contribution >= 4 is 15.9 Å². The molecule has 0 saturated heterocycles. The van der Waals surface area contributed by atoms with Crippen molar-refractivity contribution in [2.24, 2.45) is 0 Å². The second-order valence-electron chi connectivity index (χ2n) is 4.81. The molecule has 1 aromatic carbocycles. The van der Waals surface area contributed by atoms with Gasteiger partial charge in [-0.2, -0.15) is 0 Å². The van der Waals surface area contributed by atoms with Crippen LogP contribution in [0.1, 0.15) is 37.8 Å². The Morgan fingerprint density at radius 1 is 1.56 bits per heavy atom. The van der Waals surface area contributed by atoms with E-state index >= 15 is 0 Å². The largest absolute Gasteiger partial charge is 0.493 e. The summed E-state index contributed by atoms with van der Waals surface area (Å²) < 4.78 is 6.83. The Kier molecular flexibility index (Phi) is 5.03. The number of nitrogens with one attached hydrogen (secondary N) is 1. The third-order valence-corrected chi connectivity index (χ3v) is 3.79. The minimum atomic E-state index is 0.227. The van der Waals surface area contributed by atoms with Crippen molar-refractivity contribution in [1.29, 1.82) is 0 Å². The zero-order valence-electron chi connectivity index (χ0n) is 10.7. The van der Waals surface area contributed by atoms with Crippen molar-refractivity contribution in [3.8, 4) is 5.75 Å². The molecular formula is C14H20BrNO2. The average Bonchev–Trinajstić information content (AvgIpc) is 2.52. The number of halogens is 1. The van der Waals surface area contributed by atoms with Gasteiger partial charge in [-0.25, -0.2) is 0 Å². The fraction of sp³-hybridized carbons (Fsp3) is 0.571. The number of aliphatic hydroxyl groups is 1. The first-order chi connectivity index (χ1) is 8.70. The van der Waals surface area contributed by atoms with Crippen molar-refractivity contribution in [2.75, 3.05) is 13.2 Å². The van der Waals surface area contributed by atoms with Gasteiger partial charge in [0.15, 0.2) is 0 Å². The molecule has 2 N–H and O–H groups in total. The Hall–Kier alpha value is -0.580. The highest BCUT2D eigenvalue weighted by Crippen LogP contribution is 2.33. The van der Waals surface area contributed by atoms with Crippen LogP contribution >= 0.6 is 15.9 Å². The fourth-order valence-electron chi connectivity index (χ4n) is 2.34. The number of fused-ring (bicyclic) bond motifs is 1. The first-order valence-corrected chi connectivity index (χ1v) is 7.29. The van der Waals surface area contributed by atoms with Crippen LogP contribution < -0.4 is 10.1 Å². The molecule has 1 unspecified atom stereocenters. The van der Waals surface area contributed by atoms with Gasteiger partial charge in [0.2, 0.25) is 0 Å². The standard InChI is InChI=1S/C14H20BrNO2/c1-10(6-7-17)16-13-3-2-8-18-14-9-11(15)4-5-12(13)14/h4-5,9-10,13,16-17H,2-3,6-8H2,1H3/t10-,13?/m1/s1. The van der Waals surface area contributed by atoms with Gasteiger partial charge in [0, 0.05) is 28.7 Å². The second kappa shape index (κ2) is 6.55. The zero-order chi connectivity index (χ0) is 13.0. The fourth-order valence-corrected chi connectivity index (χ4v) is 2.68. The van der Waals surface area contributed by atoms with Crippen LogP contribution in [0.25, 0.3) is 0 Å². The molecular weight excluding hydrogens is 294 g/mol. The van der Waals surface area contributed by atoms with Crippen molar-refractivity contribution in [3.05, 3.63) is 28.2 Å². The van der Waals surface area contributed by atoms with Gasteiger partial charge in [-0.1, -0.05) is 22.0 Å². The lowest BCUT2D eigenvalue weighted by Crippen LogP contribution is -2.31. The summed E-state index contributed by atoms with van der Waals surface area (Å²) in [6, 6.07) is 6.84. The Morgan fingerprint density at radius 2 is 2.39 bits per heavy atom. The van der Waals surface area contributed by atoms with E-state index < -0.39 is 0 Å². The molecule has 2 atom stereocenters. The maximum atomic E-state index is 8.98. The topological polar surface area (TPSA) is 41.5 Å². The van der Waals surface area contributed by atoms with Crippen LogP contribution in [-0.2, 0) is 0 Å². The summed E-state index contributed by atoms with van der Waals surface area (Å²) in [6.07, 6.45) is 2.91. The van der Waals surface area contributed by atoms with Crippen molar-refractivity contribution in [2.45, 2.75) is 38.3 Å². The predicted octanol–water partition coefficient (Wildman–Crippen LogP) is 3.02. The Bertz CT molecular complexity index is 397. The maximum absolute atomic E-state index is 8.98. The molecule has 18 heavy (non-hydrogen) atoms. The monoisotopic (exact) mass is 313 g/mol. The third-order valence-electron chi connectivity index (χ3n) is 3.29. The predicted molar refractivity (Wildman–Crippen MR) is 75.9 cm³/mol. The molecule has 0 saturated carbocycles. The van der Waals surface area contributed by atoms with Gasteiger partial charge in [0.25, 0.3) is 0 Å². The summed E-state index contributed by atoms with van der Waals surface area (Å²) in [7, 11) is 0. The molecule has 0 radical (unpaired) electrons. The molecule has 100 valence electrons. The van der Waals surface area contributed by atoms with Gasteiger partial charge < -0.3 is 15.2 Å². The minimum Gasteiger partial charge on any atom is -0.493 e. The summed E-state index contributed by atoms with van der Waals surface area (Å²) in [5.41, 5.74) is 1.22. The van der Waals surface area contributed by atoms with Gasteiger partial charge in [0.05, 0.1) is 6.61 Å². The van der Waals surface area contributed by atoms with Crippen LogP contribution in [0.4, 0.5) is 0 Å². The van der Waals surface area contributed by atoms with Crippen LogP contribution in [-0.4, -0.2) is 24.4 Å². The van der Waals surface area contributed by atoms with Crippen molar-refractivity contribution in [1.82, 2.24) is 5.32 Å². The summed E-state index contributed by atoms with van der Waals surface area (Å²) in [5.74, 6) is 0.968. The van der Waals surface area contributed by atoms with Crippen molar-refractivity contribution < 1.29 is 9.84 Å². The maximum Gasteiger partial charge on any atom is 0.125 e. The molecule has 0 fully saturated rings.